The summed E-state index contributed by atoms with van der Waals surface area (Å²) in [5, 5.41) is 14.2. The van der Waals surface area contributed by atoms with Crippen molar-refractivity contribution in [2.24, 2.45) is 5.73 Å². The van der Waals surface area contributed by atoms with E-state index < -0.39 is 5.60 Å². The molecule has 16 heavy (non-hydrogen) atoms. The molecule has 2 fully saturated rings. The summed E-state index contributed by atoms with van der Waals surface area (Å²) in [5.41, 5.74) is 5.45. The molecule has 0 amide bonds. The smallest absolute Gasteiger partial charge is 0.0839 e. The first-order valence-corrected chi connectivity index (χ1v) is 6.46. The van der Waals surface area contributed by atoms with E-state index in [0.717, 1.165) is 58.3 Å². The van der Waals surface area contributed by atoms with E-state index >= 15 is 0 Å². The number of nitrogens with two attached hydrogens (primary N) is 1. The zero-order valence-corrected chi connectivity index (χ0v) is 10.3. The summed E-state index contributed by atoms with van der Waals surface area (Å²) in [4.78, 5) is 2.29. The summed E-state index contributed by atoms with van der Waals surface area (Å²) in [6.07, 6.45) is 4.52. The largest absolute Gasteiger partial charge is 0.388 e. The Kier molecular flexibility index (Phi) is 3.54. The lowest BCUT2D eigenvalue weighted by molar-refractivity contribution is -0.0593. The van der Waals surface area contributed by atoms with Crippen LogP contribution in [-0.4, -0.2) is 54.4 Å². The van der Waals surface area contributed by atoms with Crippen LogP contribution in [0.1, 0.15) is 32.1 Å². The number of nitrogens with one attached hydrogen (secondary N) is 1. The average Bonchev–Trinajstić information content (AvgIpc) is 2.43. The molecule has 2 aliphatic heterocycles. The van der Waals surface area contributed by atoms with E-state index in [9.17, 15) is 5.11 Å². The maximum Gasteiger partial charge on any atom is 0.0839 e. The number of piperidine rings is 1. The summed E-state index contributed by atoms with van der Waals surface area (Å²) in [6.45, 7) is 3.92. The molecule has 2 heterocycles. The summed E-state index contributed by atoms with van der Waals surface area (Å²) in [7, 11) is 2.12. The van der Waals surface area contributed by atoms with Crippen molar-refractivity contribution >= 4 is 0 Å². The van der Waals surface area contributed by atoms with Crippen LogP contribution in [0.2, 0.25) is 0 Å². The molecule has 4 nitrogen and oxygen atoms in total. The van der Waals surface area contributed by atoms with Crippen LogP contribution in [0.4, 0.5) is 0 Å². The van der Waals surface area contributed by atoms with Crippen LogP contribution in [0, 0.1) is 0 Å². The third-order valence-electron chi connectivity index (χ3n) is 4.46. The van der Waals surface area contributed by atoms with Crippen LogP contribution < -0.4 is 11.1 Å². The molecule has 0 bridgehead atoms. The standard InChI is InChI=1S/C12H25N3O/c1-15-9-2-3-12(16,6-10-15)11(13)4-7-14-8-5-11/h14,16H,2-10,13H2,1H3. The van der Waals surface area contributed by atoms with Crippen LogP contribution in [0.5, 0.6) is 0 Å². The minimum Gasteiger partial charge on any atom is -0.388 e. The molecule has 0 aliphatic carbocycles. The second-order valence-electron chi connectivity index (χ2n) is 5.59. The Morgan fingerprint density at radius 1 is 1.12 bits per heavy atom. The van der Waals surface area contributed by atoms with E-state index in [4.69, 9.17) is 5.73 Å². The second kappa shape index (κ2) is 4.61. The lowest BCUT2D eigenvalue weighted by Gasteiger charge is -2.47. The van der Waals surface area contributed by atoms with Crippen LogP contribution in [0.25, 0.3) is 0 Å². The lowest BCUT2D eigenvalue weighted by atomic mass is 9.70. The topological polar surface area (TPSA) is 61.5 Å². The molecule has 2 saturated heterocycles. The van der Waals surface area contributed by atoms with Gasteiger partial charge in [0.2, 0.25) is 0 Å². The Hall–Kier alpha value is -0.160. The van der Waals surface area contributed by atoms with Gasteiger partial charge >= 0.3 is 0 Å². The Labute approximate surface area is 98.2 Å². The van der Waals surface area contributed by atoms with Crippen molar-refractivity contribution in [2.75, 3.05) is 33.2 Å². The fourth-order valence-corrected chi connectivity index (χ4v) is 3.09. The highest BCUT2D eigenvalue weighted by molar-refractivity contribution is 5.06. The molecule has 0 aromatic carbocycles. The minimum absolute atomic E-state index is 0.372. The van der Waals surface area contributed by atoms with Crippen molar-refractivity contribution in [3.63, 3.8) is 0 Å². The number of aliphatic hydroxyl groups is 1. The van der Waals surface area contributed by atoms with Crippen molar-refractivity contribution < 1.29 is 5.11 Å². The van der Waals surface area contributed by atoms with Crippen LogP contribution in [-0.2, 0) is 0 Å². The van der Waals surface area contributed by atoms with Gasteiger partial charge in [-0.05, 0) is 58.8 Å². The van der Waals surface area contributed by atoms with E-state index in [0.29, 0.717) is 0 Å². The monoisotopic (exact) mass is 227 g/mol. The highest BCUT2D eigenvalue weighted by Crippen LogP contribution is 2.36. The molecule has 2 aliphatic rings. The SMILES string of the molecule is CN1CCCC(O)(C2(N)CCNCC2)CC1. The predicted molar refractivity (Wildman–Crippen MR) is 65.3 cm³/mol. The van der Waals surface area contributed by atoms with Gasteiger partial charge in [-0.25, -0.2) is 0 Å². The van der Waals surface area contributed by atoms with Gasteiger partial charge in [0, 0.05) is 12.1 Å². The fraction of sp³-hybridized carbons (Fsp3) is 1.00. The first-order valence-electron chi connectivity index (χ1n) is 6.46. The fourth-order valence-electron chi connectivity index (χ4n) is 3.09. The number of rotatable bonds is 1. The third kappa shape index (κ3) is 2.25. The molecule has 0 spiro atoms. The van der Waals surface area contributed by atoms with Gasteiger partial charge in [0.1, 0.15) is 0 Å². The van der Waals surface area contributed by atoms with E-state index in [-0.39, 0.29) is 5.54 Å². The normalized spacial score (nSPS) is 36.9. The maximum absolute atomic E-state index is 10.9. The molecule has 2 rings (SSSR count). The van der Waals surface area contributed by atoms with Crippen molar-refractivity contribution in [2.45, 2.75) is 43.2 Å². The van der Waals surface area contributed by atoms with Gasteiger partial charge in [-0.3, -0.25) is 0 Å². The predicted octanol–water partition coefficient (Wildman–Crippen LogP) is -0.0859. The third-order valence-corrected chi connectivity index (χ3v) is 4.46. The van der Waals surface area contributed by atoms with Gasteiger partial charge in [-0.1, -0.05) is 0 Å². The number of likely N-dealkylation sites (tertiary alicyclic amines) is 1. The highest BCUT2D eigenvalue weighted by Gasteiger charge is 2.47. The van der Waals surface area contributed by atoms with Crippen molar-refractivity contribution in [1.82, 2.24) is 10.2 Å². The minimum atomic E-state index is -0.653. The van der Waals surface area contributed by atoms with Gasteiger partial charge in [0.15, 0.2) is 0 Å². The molecule has 0 saturated carbocycles. The zero-order valence-electron chi connectivity index (χ0n) is 10.3. The highest BCUT2D eigenvalue weighted by atomic mass is 16.3. The first kappa shape index (κ1) is 12.3. The summed E-state index contributed by atoms with van der Waals surface area (Å²) in [6, 6.07) is 0. The van der Waals surface area contributed by atoms with E-state index in [1.165, 1.54) is 0 Å². The van der Waals surface area contributed by atoms with Crippen LogP contribution >= 0.6 is 0 Å². The van der Waals surface area contributed by atoms with Gasteiger partial charge in [0.25, 0.3) is 0 Å². The van der Waals surface area contributed by atoms with E-state index in [1.54, 1.807) is 0 Å². The summed E-state index contributed by atoms with van der Waals surface area (Å²) >= 11 is 0. The van der Waals surface area contributed by atoms with Gasteiger partial charge in [-0.15, -0.1) is 0 Å². The number of nitrogens with zero attached hydrogens (tertiary/aromatic N) is 1. The van der Waals surface area contributed by atoms with Crippen molar-refractivity contribution in [1.29, 1.82) is 0 Å². The second-order valence-corrected chi connectivity index (χ2v) is 5.59. The molecule has 1 unspecified atom stereocenters. The molecule has 94 valence electrons. The van der Waals surface area contributed by atoms with E-state index in [2.05, 4.69) is 17.3 Å². The van der Waals surface area contributed by atoms with Gasteiger partial charge < -0.3 is 21.1 Å². The van der Waals surface area contributed by atoms with Crippen molar-refractivity contribution in [3.8, 4) is 0 Å². The van der Waals surface area contributed by atoms with E-state index in [1.807, 2.05) is 0 Å². The molecule has 0 radical (unpaired) electrons. The molecule has 4 N–H and O–H groups in total. The Balaban J connectivity index is 2.09. The molecule has 4 heteroatoms. The summed E-state index contributed by atoms with van der Waals surface area (Å²) in [5.74, 6) is 0. The maximum atomic E-state index is 10.9. The number of hydrogen-bond acceptors (Lipinski definition) is 4. The van der Waals surface area contributed by atoms with Crippen LogP contribution in [0.15, 0.2) is 0 Å². The molecule has 0 aromatic rings. The van der Waals surface area contributed by atoms with Crippen LogP contribution in [0.3, 0.4) is 0 Å². The van der Waals surface area contributed by atoms with Gasteiger partial charge in [0.05, 0.1) is 5.60 Å². The van der Waals surface area contributed by atoms with Crippen molar-refractivity contribution in [3.05, 3.63) is 0 Å². The molecule has 1 atom stereocenters. The summed E-state index contributed by atoms with van der Waals surface area (Å²) < 4.78 is 0. The average molecular weight is 227 g/mol. The molecular formula is C12H25N3O. The Bertz CT molecular complexity index is 240. The Morgan fingerprint density at radius 3 is 2.50 bits per heavy atom. The number of hydrogen-bond donors (Lipinski definition) is 3. The molecule has 0 aromatic heterocycles. The zero-order chi connectivity index (χ0) is 11.6. The Morgan fingerprint density at radius 2 is 1.81 bits per heavy atom. The molecular weight excluding hydrogens is 202 g/mol. The van der Waals surface area contributed by atoms with Gasteiger partial charge in [-0.2, -0.15) is 0 Å². The first-order chi connectivity index (χ1) is 7.56. The quantitative estimate of drug-likeness (QED) is 0.586. The lowest BCUT2D eigenvalue weighted by Crippen LogP contribution is -2.64.